The van der Waals surface area contributed by atoms with Crippen LogP contribution in [0.5, 0.6) is 0 Å². The number of nitrogens with zero attached hydrogens (tertiary/aromatic N) is 2. The summed E-state index contributed by atoms with van der Waals surface area (Å²) in [7, 11) is 0. The summed E-state index contributed by atoms with van der Waals surface area (Å²) in [5.74, 6) is -1.86. The number of piperidine rings is 2. The van der Waals surface area contributed by atoms with Gasteiger partial charge in [-0.1, -0.05) is 6.42 Å². The van der Waals surface area contributed by atoms with E-state index in [1.165, 1.54) is 38.4 Å². The van der Waals surface area contributed by atoms with Crippen molar-refractivity contribution in [3.63, 3.8) is 0 Å². The number of halogens is 2. The molecular weight excluding hydrogens is 300 g/mol. The molecule has 2 heterocycles. The van der Waals surface area contributed by atoms with E-state index < -0.39 is 11.6 Å². The van der Waals surface area contributed by atoms with E-state index in [1.54, 1.807) is 4.90 Å². The van der Waals surface area contributed by atoms with Crippen LogP contribution in [0.2, 0.25) is 0 Å². The lowest BCUT2D eigenvalue weighted by Crippen LogP contribution is -2.49. The fraction of sp³-hybridized carbons (Fsp3) is 0.588. The molecule has 2 fully saturated rings. The van der Waals surface area contributed by atoms with Gasteiger partial charge in [-0.2, -0.15) is 0 Å². The van der Waals surface area contributed by atoms with E-state index in [4.69, 9.17) is 0 Å². The number of urea groups is 1. The van der Waals surface area contributed by atoms with Crippen molar-refractivity contribution in [1.29, 1.82) is 0 Å². The largest absolute Gasteiger partial charge is 0.324 e. The smallest absolute Gasteiger partial charge is 0.321 e. The van der Waals surface area contributed by atoms with E-state index in [1.807, 2.05) is 0 Å². The van der Waals surface area contributed by atoms with Crippen LogP contribution in [-0.2, 0) is 0 Å². The van der Waals surface area contributed by atoms with Gasteiger partial charge in [0.25, 0.3) is 0 Å². The van der Waals surface area contributed by atoms with Gasteiger partial charge in [0.1, 0.15) is 0 Å². The fourth-order valence-electron chi connectivity index (χ4n) is 3.49. The van der Waals surface area contributed by atoms with Crippen molar-refractivity contribution >= 4 is 11.7 Å². The predicted octanol–water partition coefficient (Wildman–Crippen LogP) is 3.45. The first-order chi connectivity index (χ1) is 11.1. The van der Waals surface area contributed by atoms with Crippen molar-refractivity contribution in [2.45, 2.75) is 38.1 Å². The Balaban J connectivity index is 1.50. The van der Waals surface area contributed by atoms with E-state index in [0.29, 0.717) is 19.1 Å². The van der Waals surface area contributed by atoms with Crippen LogP contribution in [0.25, 0.3) is 0 Å². The lowest BCUT2D eigenvalue weighted by molar-refractivity contribution is 0.104. The van der Waals surface area contributed by atoms with Crippen molar-refractivity contribution < 1.29 is 13.6 Å². The van der Waals surface area contributed by atoms with Gasteiger partial charge in [0.2, 0.25) is 0 Å². The van der Waals surface area contributed by atoms with Crippen molar-refractivity contribution in [1.82, 2.24) is 9.80 Å². The Hall–Kier alpha value is -1.69. The average molecular weight is 323 g/mol. The highest BCUT2D eigenvalue weighted by Crippen LogP contribution is 2.21. The van der Waals surface area contributed by atoms with Crippen molar-refractivity contribution in [3.8, 4) is 0 Å². The number of nitrogens with one attached hydrogen (secondary N) is 1. The zero-order valence-electron chi connectivity index (χ0n) is 13.2. The van der Waals surface area contributed by atoms with Gasteiger partial charge < -0.3 is 15.1 Å². The summed E-state index contributed by atoms with van der Waals surface area (Å²) < 4.78 is 26.1. The molecule has 1 aromatic rings. The number of carbonyl (C=O) groups is 1. The molecule has 0 atom stereocenters. The Labute approximate surface area is 135 Å². The van der Waals surface area contributed by atoms with E-state index in [0.717, 1.165) is 25.0 Å². The summed E-state index contributed by atoms with van der Waals surface area (Å²) >= 11 is 0. The van der Waals surface area contributed by atoms with Crippen LogP contribution < -0.4 is 5.32 Å². The Morgan fingerprint density at radius 3 is 2.35 bits per heavy atom. The first-order valence-corrected chi connectivity index (χ1v) is 8.38. The molecule has 3 rings (SSSR count). The van der Waals surface area contributed by atoms with Crippen LogP contribution in [0.15, 0.2) is 18.2 Å². The van der Waals surface area contributed by atoms with E-state index >= 15 is 0 Å². The quantitative estimate of drug-likeness (QED) is 0.905. The zero-order chi connectivity index (χ0) is 16.2. The highest BCUT2D eigenvalue weighted by molar-refractivity contribution is 5.89. The first kappa shape index (κ1) is 16.2. The van der Waals surface area contributed by atoms with E-state index in [2.05, 4.69) is 10.2 Å². The molecule has 0 aliphatic carbocycles. The number of amides is 2. The van der Waals surface area contributed by atoms with Crippen LogP contribution in [0, 0.1) is 11.6 Å². The van der Waals surface area contributed by atoms with E-state index in [-0.39, 0.29) is 11.7 Å². The molecule has 2 amide bonds. The molecule has 6 heteroatoms. The molecule has 1 N–H and O–H groups in total. The average Bonchev–Trinajstić information content (AvgIpc) is 2.59. The molecule has 1 aromatic carbocycles. The lowest BCUT2D eigenvalue weighted by atomic mass is 10.0. The monoisotopic (exact) mass is 323 g/mol. The highest BCUT2D eigenvalue weighted by Gasteiger charge is 2.27. The van der Waals surface area contributed by atoms with Gasteiger partial charge in [0, 0.05) is 30.9 Å². The van der Waals surface area contributed by atoms with Crippen LogP contribution in [0.3, 0.4) is 0 Å². The molecule has 0 radical (unpaired) electrons. The lowest BCUT2D eigenvalue weighted by Gasteiger charge is -2.40. The molecule has 0 unspecified atom stereocenters. The summed E-state index contributed by atoms with van der Waals surface area (Å²) in [4.78, 5) is 16.5. The number of benzene rings is 1. The first-order valence-electron chi connectivity index (χ1n) is 8.38. The summed E-state index contributed by atoms with van der Waals surface area (Å²) in [6, 6.07) is 3.73. The molecule has 0 saturated carbocycles. The summed E-state index contributed by atoms with van der Waals surface area (Å²) in [6.07, 6.45) is 5.83. The summed E-state index contributed by atoms with van der Waals surface area (Å²) in [5, 5.41) is 2.64. The Kier molecular flexibility index (Phi) is 5.10. The van der Waals surface area contributed by atoms with Gasteiger partial charge in [0.05, 0.1) is 0 Å². The number of anilines is 1. The fourth-order valence-corrected chi connectivity index (χ4v) is 3.49. The third-order valence-electron chi connectivity index (χ3n) is 4.83. The molecule has 4 nitrogen and oxygen atoms in total. The molecule has 0 aromatic heterocycles. The topological polar surface area (TPSA) is 35.6 Å². The van der Waals surface area contributed by atoms with Crippen molar-refractivity contribution in [3.05, 3.63) is 29.8 Å². The van der Waals surface area contributed by atoms with Crippen LogP contribution in [0.4, 0.5) is 19.3 Å². The van der Waals surface area contributed by atoms with Crippen LogP contribution in [0.1, 0.15) is 32.1 Å². The van der Waals surface area contributed by atoms with E-state index in [9.17, 15) is 13.6 Å². The number of rotatable bonds is 2. The number of hydrogen-bond acceptors (Lipinski definition) is 2. The standard InChI is InChI=1S/C17H23F2N3O/c18-15-5-4-13(12-16(15)19)20-17(23)22-10-6-14(7-11-22)21-8-2-1-3-9-21/h4-5,12,14H,1-3,6-11H2,(H,20,23). The molecule has 23 heavy (non-hydrogen) atoms. The maximum atomic E-state index is 13.2. The number of likely N-dealkylation sites (tertiary alicyclic amines) is 2. The van der Waals surface area contributed by atoms with Gasteiger partial charge in [-0.15, -0.1) is 0 Å². The van der Waals surface area contributed by atoms with Gasteiger partial charge in [-0.05, 0) is 50.9 Å². The minimum Gasteiger partial charge on any atom is -0.324 e. The minimum atomic E-state index is -0.952. The molecular formula is C17H23F2N3O. The number of carbonyl (C=O) groups excluding carboxylic acids is 1. The molecule has 126 valence electrons. The van der Waals surface area contributed by atoms with Crippen molar-refractivity contribution in [2.75, 3.05) is 31.5 Å². The zero-order valence-corrected chi connectivity index (χ0v) is 13.2. The normalized spacial score (nSPS) is 20.5. The van der Waals surface area contributed by atoms with Crippen molar-refractivity contribution in [2.24, 2.45) is 0 Å². The Bertz CT molecular complexity index is 553. The third-order valence-corrected chi connectivity index (χ3v) is 4.83. The Morgan fingerprint density at radius 2 is 1.70 bits per heavy atom. The third kappa shape index (κ3) is 3.99. The summed E-state index contributed by atoms with van der Waals surface area (Å²) in [6.45, 7) is 3.75. The molecule has 2 aliphatic rings. The van der Waals surface area contributed by atoms with Crippen LogP contribution in [-0.4, -0.2) is 48.1 Å². The van der Waals surface area contributed by atoms with Gasteiger partial charge in [-0.25, -0.2) is 13.6 Å². The molecule has 0 spiro atoms. The van der Waals surface area contributed by atoms with Gasteiger partial charge in [0.15, 0.2) is 11.6 Å². The van der Waals surface area contributed by atoms with Gasteiger partial charge >= 0.3 is 6.03 Å². The number of hydrogen-bond donors (Lipinski definition) is 1. The molecule has 2 saturated heterocycles. The SMILES string of the molecule is O=C(Nc1ccc(F)c(F)c1)N1CCC(N2CCCCC2)CC1. The predicted molar refractivity (Wildman–Crippen MR) is 85.4 cm³/mol. The van der Waals surface area contributed by atoms with Crippen LogP contribution >= 0.6 is 0 Å². The van der Waals surface area contributed by atoms with Gasteiger partial charge in [-0.3, -0.25) is 0 Å². The maximum Gasteiger partial charge on any atom is 0.321 e. The highest BCUT2D eigenvalue weighted by atomic mass is 19.2. The Morgan fingerprint density at radius 1 is 1.00 bits per heavy atom. The second kappa shape index (κ2) is 7.25. The molecule has 2 aliphatic heterocycles. The second-order valence-corrected chi connectivity index (χ2v) is 6.37. The molecule has 0 bridgehead atoms. The second-order valence-electron chi connectivity index (χ2n) is 6.37. The minimum absolute atomic E-state index is 0.242. The maximum absolute atomic E-state index is 13.2. The summed E-state index contributed by atoms with van der Waals surface area (Å²) in [5.41, 5.74) is 0.284.